The minimum absolute atomic E-state index is 0.611. The summed E-state index contributed by atoms with van der Waals surface area (Å²) in [6, 6.07) is 3.01. The number of carbonyl (C=O) groups excluding carboxylic acids is 1. The van der Waals surface area contributed by atoms with E-state index < -0.39 is 57.8 Å². The molecule has 0 spiro atoms. The van der Waals surface area contributed by atoms with Gasteiger partial charge < -0.3 is 9.47 Å². The minimum atomic E-state index is -4.70. The number of nitrogen functional groups attached to an aromatic ring is 1. The first kappa shape index (κ1) is 24.6. The van der Waals surface area contributed by atoms with Gasteiger partial charge >= 0.3 is 12.4 Å². The average molecular weight is 451 g/mol. The molecule has 0 radical (unpaired) electrons. The Kier molecular flexibility index (Phi) is 10.1. The van der Waals surface area contributed by atoms with Gasteiger partial charge in [-0.05, 0) is 12.1 Å². The molecule has 0 saturated heterocycles. The molecule has 150 valence electrons. The first-order chi connectivity index (χ1) is 11.8. The highest BCUT2D eigenvalue weighted by Gasteiger charge is 2.32. The summed E-state index contributed by atoms with van der Waals surface area (Å²) in [5.41, 5.74) is 0.927. The van der Waals surface area contributed by atoms with Gasteiger partial charge in [0.2, 0.25) is 9.23 Å². The molecule has 0 aromatic heterocycles. The van der Waals surface area contributed by atoms with Crippen molar-refractivity contribution in [1.29, 1.82) is 0 Å². The summed E-state index contributed by atoms with van der Waals surface area (Å²) in [7, 11) is 7.36. The number of ether oxygens (including phenoxy) is 2. The van der Waals surface area contributed by atoms with E-state index in [1.54, 1.807) is 5.43 Å². The van der Waals surface area contributed by atoms with E-state index in [0.29, 0.717) is 0 Å². The second-order valence-electron chi connectivity index (χ2n) is 4.09. The van der Waals surface area contributed by atoms with Gasteiger partial charge in [0.25, 0.3) is 5.91 Å². The Balaban J connectivity index is 0.00000141. The van der Waals surface area contributed by atoms with Gasteiger partial charge in [-0.25, -0.2) is 10.1 Å². The number of nitrogens with one attached hydrogen (secondary N) is 1. The monoisotopic (exact) mass is 450 g/mol. The molecule has 0 fully saturated rings. The molecule has 1 aromatic carbocycles. The summed E-state index contributed by atoms with van der Waals surface area (Å²) >= 11 is 0. The van der Waals surface area contributed by atoms with Crippen LogP contribution in [0.1, 0.15) is 10.4 Å². The summed E-state index contributed by atoms with van der Waals surface area (Å²) < 4.78 is 90.7. The van der Waals surface area contributed by atoms with E-state index in [0.717, 1.165) is 18.2 Å². The maximum absolute atomic E-state index is 12.1. The Morgan fingerprint density at radius 2 is 1.38 bits per heavy atom. The highest BCUT2D eigenvalue weighted by molar-refractivity contribution is 8.26. The quantitative estimate of drug-likeness (QED) is 0.236. The second-order valence-corrected chi connectivity index (χ2v) is 6.62. The number of alkyl halides is 6. The Bertz CT molecular complexity index is 589. The summed E-state index contributed by atoms with van der Waals surface area (Å²) in [5.74, 6) is 2.47. The molecule has 0 saturated carbocycles. The normalized spacial score (nSPS) is 11.5. The number of amides is 1. The zero-order valence-corrected chi connectivity index (χ0v) is 14.6. The number of benzene rings is 1. The van der Waals surface area contributed by atoms with E-state index in [4.69, 9.17) is 10.1 Å². The fourth-order valence-corrected chi connectivity index (χ4v) is 1.37. The zero-order valence-electron chi connectivity index (χ0n) is 12.3. The number of carbonyl (C=O) groups is 1. The van der Waals surface area contributed by atoms with E-state index in [9.17, 15) is 31.1 Å². The molecule has 15 heteroatoms. The summed E-state index contributed by atoms with van der Waals surface area (Å²) in [4.78, 5) is 11.5. The van der Waals surface area contributed by atoms with Gasteiger partial charge in [0, 0.05) is 21.4 Å². The Morgan fingerprint density at radius 1 is 1.04 bits per heavy atom. The number of hydrogen-bond donors (Lipinski definition) is 2. The van der Waals surface area contributed by atoms with Crippen LogP contribution in [0.5, 0.6) is 11.5 Å². The summed E-state index contributed by atoms with van der Waals surface area (Å²) in [5, 5.41) is 0. The minimum Gasteiger partial charge on any atom is -0.483 e. The molecule has 0 bridgehead atoms. The first-order valence-corrected chi connectivity index (χ1v) is 8.84. The molecule has 1 rings (SSSR count). The molecule has 0 aliphatic carbocycles. The van der Waals surface area contributed by atoms with Crippen LogP contribution in [-0.4, -0.2) is 35.7 Å². The first-order valence-electron chi connectivity index (χ1n) is 6.04. The van der Waals surface area contributed by atoms with Crippen LogP contribution < -0.4 is 20.7 Å². The summed E-state index contributed by atoms with van der Waals surface area (Å²) in [6.45, 7) is -3.47. The molecule has 0 atom stereocenters. The molecule has 3 N–H and O–H groups in total. The van der Waals surface area contributed by atoms with Gasteiger partial charge in [0.15, 0.2) is 13.2 Å². The predicted octanol–water partition coefficient (Wildman–Crippen LogP) is 3.22. The predicted molar refractivity (Wildman–Crippen MR) is 81.0 cm³/mol. The van der Waals surface area contributed by atoms with Crippen LogP contribution in [0.4, 0.5) is 26.3 Å². The van der Waals surface area contributed by atoms with Crippen molar-refractivity contribution in [3.8, 4) is 11.5 Å². The third kappa shape index (κ3) is 11.2. The number of halogens is 8. The highest BCUT2D eigenvalue weighted by Crippen LogP contribution is 2.31. The summed E-state index contributed by atoms with van der Waals surface area (Å²) in [6.07, 6.45) is -9.39. The van der Waals surface area contributed by atoms with E-state index in [1.165, 1.54) is 0 Å². The van der Waals surface area contributed by atoms with Crippen LogP contribution in [0.3, 0.4) is 0 Å². The molecule has 0 aliphatic rings. The van der Waals surface area contributed by atoms with E-state index in [-0.39, 0.29) is 0 Å². The van der Waals surface area contributed by atoms with Crippen molar-refractivity contribution in [3.63, 3.8) is 0 Å². The largest absolute Gasteiger partial charge is 0.483 e. The lowest BCUT2D eigenvalue weighted by atomic mass is 10.1. The topological polar surface area (TPSA) is 90.7 Å². The van der Waals surface area contributed by atoms with Gasteiger partial charge in [-0.1, -0.05) is 6.07 Å². The SMILES string of the molecule is NNC(=O)c1c(OCC(F)(F)F)cccc1OCC(F)(F)F.O=S(Cl)Cl. The van der Waals surface area contributed by atoms with Gasteiger partial charge in [0.05, 0.1) is 0 Å². The van der Waals surface area contributed by atoms with Crippen LogP contribution in [0.15, 0.2) is 18.2 Å². The Hall–Kier alpha value is -1.44. The maximum Gasteiger partial charge on any atom is 0.422 e. The van der Waals surface area contributed by atoms with Crippen LogP contribution in [-0.2, 0) is 9.23 Å². The number of rotatable bonds is 5. The fourth-order valence-electron chi connectivity index (χ4n) is 1.37. The van der Waals surface area contributed by atoms with Crippen molar-refractivity contribution in [1.82, 2.24) is 5.43 Å². The highest BCUT2D eigenvalue weighted by atomic mass is 36.0. The van der Waals surface area contributed by atoms with E-state index in [2.05, 4.69) is 30.8 Å². The Labute approximate surface area is 153 Å². The molecule has 6 nitrogen and oxygen atoms in total. The van der Waals surface area contributed by atoms with Gasteiger partial charge in [-0.15, -0.1) is 0 Å². The van der Waals surface area contributed by atoms with Crippen molar-refractivity contribution < 1.29 is 44.8 Å². The number of nitrogens with two attached hydrogens (primary N) is 1. The zero-order chi connectivity index (χ0) is 20.5. The van der Waals surface area contributed by atoms with Crippen LogP contribution >= 0.6 is 21.4 Å². The van der Waals surface area contributed by atoms with Crippen LogP contribution in [0, 0.1) is 0 Å². The van der Waals surface area contributed by atoms with Crippen molar-refractivity contribution in [2.75, 3.05) is 13.2 Å². The molecule has 26 heavy (non-hydrogen) atoms. The number of hydrazine groups is 1. The molecule has 0 heterocycles. The molecule has 1 amide bonds. The molecule has 0 aliphatic heterocycles. The third-order valence-electron chi connectivity index (χ3n) is 2.13. The maximum atomic E-state index is 12.1. The fraction of sp³-hybridized carbons (Fsp3) is 0.364. The van der Waals surface area contributed by atoms with Crippen LogP contribution in [0.2, 0.25) is 0 Å². The lowest BCUT2D eigenvalue weighted by Gasteiger charge is -2.16. The molecular formula is C11H10Cl2F6N2O4S. The average Bonchev–Trinajstić information content (AvgIpc) is 2.48. The van der Waals surface area contributed by atoms with E-state index >= 15 is 0 Å². The third-order valence-corrected chi connectivity index (χ3v) is 2.13. The Morgan fingerprint density at radius 3 is 1.65 bits per heavy atom. The standard InChI is InChI=1S/C11H10F6N2O3.Cl2OS/c12-10(13,14)4-21-6-2-1-3-7(8(6)9(20)19-18)22-5-11(15,16)17;1-4(2)3/h1-3H,4-5,18H2,(H,19,20);. The molecule has 0 unspecified atom stereocenters. The smallest absolute Gasteiger partial charge is 0.422 e. The van der Waals surface area contributed by atoms with Gasteiger partial charge in [-0.2, -0.15) is 26.3 Å². The van der Waals surface area contributed by atoms with E-state index in [1.807, 2.05) is 0 Å². The lowest BCUT2D eigenvalue weighted by molar-refractivity contribution is -0.154. The van der Waals surface area contributed by atoms with Crippen molar-refractivity contribution >= 4 is 36.5 Å². The van der Waals surface area contributed by atoms with Crippen molar-refractivity contribution in [3.05, 3.63) is 23.8 Å². The van der Waals surface area contributed by atoms with Crippen LogP contribution in [0.25, 0.3) is 0 Å². The number of hydrogen-bond acceptors (Lipinski definition) is 5. The second kappa shape index (κ2) is 10.6. The molecular weight excluding hydrogens is 441 g/mol. The van der Waals surface area contributed by atoms with Gasteiger partial charge in [0.1, 0.15) is 17.1 Å². The van der Waals surface area contributed by atoms with Crippen molar-refractivity contribution in [2.24, 2.45) is 5.84 Å². The van der Waals surface area contributed by atoms with Crippen molar-refractivity contribution in [2.45, 2.75) is 12.4 Å². The van der Waals surface area contributed by atoms with Gasteiger partial charge in [-0.3, -0.25) is 10.2 Å². The molecule has 1 aromatic rings. The lowest BCUT2D eigenvalue weighted by Crippen LogP contribution is -2.31.